The van der Waals surface area contributed by atoms with Crippen LogP contribution in [0.25, 0.3) is 11.3 Å². The summed E-state index contributed by atoms with van der Waals surface area (Å²) in [6, 6.07) is 9.92. The first-order valence-corrected chi connectivity index (χ1v) is 8.88. The largest absolute Gasteiger partial charge is 0.493 e. The number of pyridine rings is 1. The van der Waals surface area contributed by atoms with Crippen LogP contribution in [0, 0.1) is 11.3 Å². The first kappa shape index (κ1) is 18.3. The smallest absolute Gasteiger partial charge is 0.306 e. The molecule has 25 heavy (non-hydrogen) atoms. The third-order valence-corrected chi connectivity index (χ3v) is 3.66. The zero-order chi connectivity index (χ0) is 18.4. The second-order valence-corrected chi connectivity index (χ2v) is 6.48. The summed E-state index contributed by atoms with van der Waals surface area (Å²) in [5.41, 5.74) is 0.875. The van der Waals surface area contributed by atoms with Crippen LogP contribution < -0.4 is 9.47 Å². The highest BCUT2D eigenvalue weighted by molar-refractivity contribution is 7.86. The first-order chi connectivity index (χ1) is 11.9. The van der Waals surface area contributed by atoms with Gasteiger partial charge in [-0.1, -0.05) is 0 Å². The van der Waals surface area contributed by atoms with Crippen molar-refractivity contribution < 1.29 is 22.1 Å². The summed E-state index contributed by atoms with van der Waals surface area (Å²) >= 11 is 0. The molecule has 0 N–H and O–H groups in total. The van der Waals surface area contributed by atoms with Crippen LogP contribution in [-0.2, 0) is 14.3 Å². The van der Waals surface area contributed by atoms with Crippen molar-refractivity contribution in [3.8, 4) is 17.6 Å². The molecule has 0 saturated heterocycles. The van der Waals surface area contributed by atoms with Crippen molar-refractivity contribution in [3.05, 3.63) is 53.9 Å². The fraction of sp³-hybridized carbons (Fsp3) is 0.176. The van der Waals surface area contributed by atoms with E-state index in [1.807, 2.05) is 6.07 Å². The summed E-state index contributed by atoms with van der Waals surface area (Å²) in [6.07, 6.45) is 3.87. The molecule has 0 amide bonds. The lowest BCUT2D eigenvalue weighted by atomic mass is 10.0. The van der Waals surface area contributed by atoms with Crippen molar-refractivity contribution in [2.45, 2.75) is 0 Å². The minimum atomic E-state index is -3.85. The highest BCUT2D eigenvalue weighted by Crippen LogP contribution is 2.34. The van der Waals surface area contributed by atoms with Gasteiger partial charge in [0.1, 0.15) is 11.6 Å². The van der Waals surface area contributed by atoms with Crippen LogP contribution >= 0.6 is 0 Å². The topological polar surface area (TPSA) is 98.5 Å². The Labute approximate surface area is 146 Å². The van der Waals surface area contributed by atoms with Gasteiger partial charge in [0.2, 0.25) is 0 Å². The number of nitrogens with zero attached hydrogens (tertiary/aromatic N) is 2. The van der Waals surface area contributed by atoms with Crippen molar-refractivity contribution in [2.75, 3.05) is 20.5 Å². The molecule has 0 unspecified atom stereocenters. The molecule has 0 aliphatic rings. The van der Waals surface area contributed by atoms with Gasteiger partial charge in [-0.3, -0.25) is 4.98 Å². The lowest BCUT2D eigenvalue weighted by Crippen LogP contribution is -2.05. The van der Waals surface area contributed by atoms with Gasteiger partial charge in [0.05, 0.1) is 20.5 Å². The van der Waals surface area contributed by atoms with Gasteiger partial charge in [-0.05, 0) is 30.3 Å². The minimum Gasteiger partial charge on any atom is -0.493 e. The SMILES string of the molecule is COc1ccc(/C(C#N)=C(/OS(C)(=O)=O)c2ccncc2)cc1OC. The molecule has 0 saturated carbocycles. The van der Waals surface area contributed by atoms with Crippen molar-refractivity contribution >= 4 is 21.5 Å². The van der Waals surface area contributed by atoms with E-state index in [0.29, 0.717) is 22.6 Å². The number of rotatable bonds is 6. The molecular formula is C17H16N2O5S. The molecule has 1 aromatic carbocycles. The standard InChI is InChI=1S/C17H16N2O5S/c1-22-15-5-4-13(10-16(15)23-2)14(11-18)17(24-25(3,20)21)12-6-8-19-9-7-12/h4-10H,1-3H3/b17-14+. The zero-order valence-electron chi connectivity index (χ0n) is 13.9. The molecule has 0 spiro atoms. The normalized spacial score (nSPS) is 11.9. The second kappa shape index (κ2) is 7.68. The Kier molecular flexibility index (Phi) is 5.62. The molecule has 0 atom stereocenters. The van der Waals surface area contributed by atoms with Gasteiger partial charge in [0.15, 0.2) is 17.3 Å². The molecule has 1 aromatic heterocycles. The Morgan fingerprint density at radius 1 is 1.04 bits per heavy atom. The highest BCUT2D eigenvalue weighted by atomic mass is 32.2. The van der Waals surface area contributed by atoms with E-state index in [0.717, 1.165) is 6.26 Å². The highest BCUT2D eigenvalue weighted by Gasteiger charge is 2.19. The summed E-state index contributed by atoms with van der Waals surface area (Å²) in [5.74, 6) is 0.804. The lowest BCUT2D eigenvalue weighted by Gasteiger charge is -2.13. The van der Waals surface area contributed by atoms with Gasteiger partial charge >= 0.3 is 10.1 Å². The van der Waals surface area contributed by atoms with E-state index in [2.05, 4.69) is 4.98 Å². The van der Waals surface area contributed by atoms with Crippen LogP contribution in [0.15, 0.2) is 42.7 Å². The molecule has 8 heteroatoms. The number of allylic oxidation sites excluding steroid dienone is 1. The molecule has 1 heterocycles. The Balaban J connectivity index is 2.71. The maximum absolute atomic E-state index is 11.7. The van der Waals surface area contributed by atoms with Crippen LogP contribution in [0.1, 0.15) is 11.1 Å². The number of ether oxygens (including phenoxy) is 2. The number of aromatic nitrogens is 1. The van der Waals surface area contributed by atoms with Crippen molar-refractivity contribution in [1.82, 2.24) is 4.98 Å². The first-order valence-electron chi connectivity index (χ1n) is 7.06. The summed E-state index contributed by atoms with van der Waals surface area (Å²) in [7, 11) is -0.888. The van der Waals surface area contributed by atoms with E-state index in [-0.39, 0.29) is 11.3 Å². The van der Waals surface area contributed by atoms with Gasteiger partial charge in [-0.15, -0.1) is 0 Å². The monoisotopic (exact) mass is 360 g/mol. The van der Waals surface area contributed by atoms with E-state index in [9.17, 15) is 13.7 Å². The molecule has 0 aliphatic carbocycles. The zero-order valence-corrected chi connectivity index (χ0v) is 14.7. The van der Waals surface area contributed by atoms with Crippen LogP contribution in [0.4, 0.5) is 0 Å². The van der Waals surface area contributed by atoms with Crippen molar-refractivity contribution in [1.29, 1.82) is 5.26 Å². The number of methoxy groups -OCH3 is 2. The van der Waals surface area contributed by atoms with Gasteiger partial charge in [0, 0.05) is 23.5 Å². The number of benzene rings is 1. The van der Waals surface area contributed by atoms with Crippen LogP contribution in [0.5, 0.6) is 11.5 Å². The van der Waals surface area contributed by atoms with E-state index >= 15 is 0 Å². The Morgan fingerprint density at radius 2 is 1.68 bits per heavy atom. The molecule has 2 aromatic rings. The number of nitriles is 1. The van der Waals surface area contributed by atoms with Crippen LogP contribution in [0.2, 0.25) is 0 Å². The minimum absolute atomic E-state index is 0.0394. The molecular weight excluding hydrogens is 344 g/mol. The van der Waals surface area contributed by atoms with Crippen LogP contribution in [0.3, 0.4) is 0 Å². The predicted molar refractivity (Wildman–Crippen MR) is 92.1 cm³/mol. The third-order valence-electron chi connectivity index (χ3n) is 3.19. The van der Waals surface area contributed by atoms with Crippen LogP contribution in [-0.4, -0.2) is 33.9 Å². The molecule has 0 radical (unpaired) electrons. The maximum atomic E-state index is 11.7. The van der Waals surface area contributed by atoms with Crippen molar-refractivity contribution in [2.24, 2.45) is 0 Å². The summed E-state index contributed by atoms with van der Waals surface area (Å²) < 4.78 is 38.8. The van der Waals surface area contributed by atoms with Gasteiger partial charge in [0.25, 0.3) is 0 Å². The van der Waals surface area contributed by atoms with Gasteiger partial charge < -0.3 is 13.7 Å². The Bertz CT molecular complexity index is 931. The van der Waals surface area contributed by atoms with E-state index in [1.54, 1.807) is 30.3 Å². The molecule has 130 valence electrons. The average molecular weight is 360 g/mol. The molecule has 0 fully saturated rings. The average Bonchev–Trinajstić information content (AvgIpc) is 2.61. The Morgan fingerprint density at radius 3 is 2.20 bits per heavy atom. The summed E-state index contributed by atoms with van der Waals surface area (Å²) in [4.78, 5) is 3.89. The number of hydrogen-bond donors (Lipinski definition) is 0. The van der Waals surface area contributed by atoms with E-state index in [4.69, 9.17) is 13.7 Å². The van der Waals surface area contributed by atoms with Crippen molar-refractivity contribution in [3.63, 3.8) is 0 Å². The fourth-order valence-corrected chi connectivity index (χ4v) is 2.61. The Hall–Kier alpha value is -3.05. The predicted octanol–water partition coefficient (Wildman–Crippen LogP) is 2.47. The summed E-state index contributed by atoms with van der Waals surface area (Å²) in [6.45, 7) is 0. The maximum Gasteiger partial charge on any atom is 0.306 e. The second-order valence-electron chi connectivity index (χ2n) is 4.91. The molecule has 0 aliphatic heterocycles. The molecule has 7 nitrogen and oxygen atoms in total. The molecule has 0 bridgehead atoms. The lowest BCUT2D eigenvalue weighted by molar-refractivity contribution is 0.355. The molecule has 2 rings (SSSR count). The van der Waals surface area contributed by atoms with E-state index in [1.165, 1.54) is 26.6 Å². The van der Waals surface area contributed by atoms with E-state index < -0.39 is 10.1 Å². The summed E-state index contributed by atoms with van der Waals surface area (Å²) in [5, 5.41) is 9.63. The fourth-order valence-electron chi connectivity index (χ4n) is 2.13. The van der Waals surface area contributed by atoms with Gasteiger partial charge in [-0.2, -0.15) is 13.7 Å². The quantitative estimate of drug-likeness (QED) is 0.443. The number of hydrogen-bond acceptors (Lipinski definition) is 7. The van der Waals surface area contributed by atoms with Gasteiger partial charge in [-0.25, -0.2) is 0 Å². The third kappa shape index (κ3) is 4.49.